The second-order valence-electron chi connectivity index (χ2n) is 8.47. The molecule has 1 saturated heterocycles. The van der Waals surface area contributed by atoms with Crippen molar-refractivity contribution in [3.8, 4) is 5.75 Å². The quantitative estimate of drug-likeness (QED) is 0.458. The molecule has 0 amide bonds. The van der Waals surface area contributed by atoms with Gasteiger partial charge in [0.2, 0.25) is 0 Å². The first kappa shape index (κ1) is 22.3. The lowest BCUT2D eigenvalue weighted by atomic mass is 10.1. The van der Waals surface area contributed by atoms with Crippen LogP contribution in [0.5, 0.6) is 5.75 Å². The first-order valence-electron chi connectivity index (χ1n) is 11.2. The van der Waals surface area contributed by atoms with Crippen molar-refractivity contribution in [2.45, 2.75) is 26.4 Å². The van der Waals surface area contributed by atoms with Crippen LogP contribution in [0.4, 0.5) is 14.5 Å². The van der Waals surface area contributed by atoms with Gasteiger partial charge in [-0.25, -0.2) is 8.78 Å². The van der Waals surface area contributed by atoms with Crippen LogP contribution in [0.2, 0.25) is 0 Å². The van der Waals surface area contributed by atoms with Crippen molar-refractivity contribution in [3.05, 3.63) is 95.1 Å². The van der Waals surface area contributed by atoms with Crippen LogP contribution < -0.4 is 9.64 Å². The topological polar surface area (TPSA) is 15.7 Å². The summed E-state index contributed by atoms with van der Waals surface area (Å²) in [7, 11) is 0. The minimum absolute atomic E-state index is 0.227. The summed E-state index contributed by atoms with van der Waals surface area (Å²) in [5.41, 5.74) is 4.09. The highest BCUT2D eigenvalue weighted by Gasteiger charge is 2.21. The molecular formula is C27H30F2N2O. The largest absolute Gasteiger partial charge is 0.486 e. The van der Waals surface area contributed by atoms with Crippen molar-refractivity contribution in [1.29, 1.82) is 0 Å². The SMILES string of the molecule is Cc1cc(O[C@@H](CCN2CCN(c3ccccc3C)CC2)c2ccc(F)cc2)ccc1F. The van der Waals surface area contributed by atoms with Gasteiger partial charge >= 0.3 is 0 Å². The fourth-order valence-electron chi connectivity index (χ4n) is 4.26. The molecule has 1 heterocycles. The number of benzene rings is 3. The fraction of sp³-hybridized carbons (Fsp3) is 0.333. The molecule has 0 N–H and O–H groups in total. The molecule has 3 aromatic carbocycles. The summed E-state index contributed by atoms with van der Waals surface area (Å²) in [6.45, 7) is 8.71. The second kappa shape index (κ2) is 10.1. The van der Waals surface area contributed by atoms with Gasteiger partial charge in [0.25, 0.3) is 0 Å². The number of hydrogen-bond acceptors (Lipinski definition) is 3. The number of aryl methyl sites for hydroxylation is 2. The highest BCUT2D eigenvalue weighted by atomic mass is 19.1. The molecule has 3 aromatic rings. The summed E-state index contributed by atoms with van der Waals surface area (Å²) in [4.78, 5) is 4.89. The maximum absolute atomic E-state index is 13.7. The molecule has 1 fully saturated rings. The Kier molecular flexibility index (Phi) is 7.05. The molecule has 0 spiro atoms. The maximum atomic E-state index is 13.7. The summed E-state index contributed by atoms with van der Waals surface area (Å²) in [6, 6.07) is 19.8. The molecule has 0 aromatic heterocycles. The molecule has 0 aliphatic carbocycles. The Morgan fingerprint density at radius 3 is 2.25 bits per heavy atom. The average Bonchev–Trinajstić information content (AvgIpc) is 2.80. The van der Waals surface area contributed by atoms with Crippen LogP contribution in [0.15, 0.2) is 66.7 Å². The van der Waals surface area contributed by atoms with Gasteiger partial charge in [-0.05, 0) is 66.9 Å². The van der Waals surface area contributed by atoms with Crippen LogP contribution in [-0.2, 0) is 0 Å². The zero-order valence-corrected chi connectivity index (χ0v) is 18.7. The average molecular weight is 437 g/mol. The van der Waals surface area contributed by atoms with Crippen molar-refractivity contribution in [2.75, 3.05) is 37.6 Å². The molecule has 0 bridgehead atoms. The molecule has 4 rings (SSSR count). The standard InChI is InChI=1S/C27H30F2N2O/c1-20-5-3-4-6-26(20)31-17-15-30(16-18-31)14-13-27(22-7-9-23(28)10-8-22)32-24-11-12-25(29)21(2)19-24/h3-12,19,27H,13-18H2,1-2H3/t27-/m0/s1. The summed E-state index contributed by atoms with van der Waals surface area (Å²) >= 11 is 0. The Morgan fingerprint density at radius 2 is 1.56 bits per heavy atom. The van der Waals surface area contributed by atoms with E-state index in [9.17, 15) is 8.78 Å². The number of nitrogens with zero attached hydrogens (tertiary/aromatic N) is 2. The third-order valence-corrected chi connectivity index (χ3v) is 6.19. The summed E-state index contributed by atoms with van der Waals surface area (Å²) in [5.74, 6) is 0.113. The Balaban J connectivity index is 1.39. The number of piperazine rings is 1. The maximum Gasteiger partial charge on any atom is 0.126 e. The van der Waals surface area contributed by atoms with E-state index in [4.69, 9.17) is 4.74 Å². The molecule has 0 saturated carbocycles. The monoisotopic (exact) mass is 436 g/mol. The highest BCUT2D eigenvalue weighted by molar-refractivity contribution is 5.53. The van der Waals surface area contributed by atoms with E-state index in [1.54, 1.807) is 31.2 Å². The van der Waals surface area contributed by atoms with Gasteiger partial charge in [0.15, 0.2) is 0 Å². The minimum Gasteiger partial charge on any atom is -0.486 e. The Bertz CT molecular complexity index is 1030. The van der Waals surface area contributed by atoms with Crippen LogP contribution >= 0.6 is 0 Å². The number of anilines is 1. The third kappa shape index (κ3) is 5.46. The smallest absolute Gasteiger partial charge is 0.126 e. The Morgan fingerprint density at radius 1 is 0.844 bits per heavy atom. The van der Waals surface area contributed by atoms with E-state index in [1.807, 2.05) is 0 Å². The molecule has 1 aliphatic heterocycles. The molecule has 1 aliphatic rings. The van der Waals surface area contributed by atoms with Gasteiger partial charge in [-0.1, -0.05) is 30.3 Å². The number of ether oxygens (including phenoxy) is 1. The lowest BCUT2D eigenvalue weighted by Crippen LogP contribution is -2.47. The van der Waals surface area contributed by atoms with Gasteiger partial charge in [-0.3, -0.25) is 4.90 Å². The predicted octanol–water partition coefficient (Wildman–Crippen LogP) is 5.91. The van der Waals surface area contributed by atoms with Crippen LogP contribution in [0.25, 0.3) is 0 Å². The van der Waals surface area contributed by atoms with Gasteiger partial charge in [0.1, 0.15) is 23.5 Å². The van der Waals surface area contributed by atoms with E-state index in [1.165, 1.54) is 29.4 Å². The molecule has 3 nitrogen and oxygen atoms in total. The van der Waals surface area contributed by atoms with E-state index in [0.717, 1.165) is 44.7 Å². The molecule has 0 radical (unpaired) electrons. The lowest BCUT2D eigenvalue weighted by molar-refractivity contribution is 0.160. The molecule has 0 unspecified atom stereocenters. The number of rotatable bonds is 7. The number of para-hydroxylation sites is 1. The van der Waals surface area contributed by atoms with Crippen LogP contribution in [-0.4, -0.2) is 37.6 Å². The van der Waals surface area contributed by atoms with E-state index < -0.39 is 0 Å². The van der Waals surface area contributed by atoms with Crippen LogP contribution in [0.3, 0.4) is 0 Å². The molecule has 32 heavy (non-hydrogen) atoms. The number of halogens is 2. The summed E-state index contributed by atoms with van der Waals surface area (Å²) in [5, 5.41) is 0. The minimum atomic E-state index is -0.266. The van der Waals surface area contributed by atoms with Crippen LogP contribution in [0, 0.1) is 25.5 Å². The van der Waals surface area contributed by atoms with Gasteiger partial charge < -0.3 is 9.64 Å². The zero-order chi connectivity index (χ0) is 22.5. The second-order valence-corrected chi connectivity index (χ2v) is 8.47. The van der Waals surface area contributed by atoms with Gasteiger partial charge in [-0.2, -0.15) is 0 Å². The van der Waals surface area contributed by atoms with Crippen molar-refractivity contribution in [3.63, 3.8) is 0 Å². The van der Waals surface area contributed by atoms with Gasteiger partial charge in [0.05, 0.1) is 0 Å². The Hall–Kier alpha value is -2.92. The van der Waals surface area contributed by atoms with Crippen molar-refractivity contribution in [2.24, 2.45) is 0 Å². The third-order valence-electron chi connectivity index (χ3n) is 6.19. The van der Waals surface area contributed by atoms with E-state index in [-0.39, 0.29) is 17.7 Å². The van der Waals surface area contributed by atoms with E-state index >= 15 is 0 Å². The summed E-state index contributed by atoms with van der Waals surface area (Å²) in [6.07, 6.45) is 0.543. The zero-order valence-electron chi connectivity index (χ0n) is 18.7. The number of hydrogen-bond donors (Lipinski definition) is 0. The highest BCUT2D eigenvalue weighted by Crippen LogP contribution is 2.27. The lowest BCUT2D eigenvalue weighted by Gasteiger charge is -2.37. The van der Waals surface area contributed by atoms with Gasteiger partial charge in [-0.15, -0.1) is 0 Å². The molecule has 1 atom stereocenters. The van der Waals surface area contributed by atoms with E-state index in [2.05, 4.69) is 41.0 Å². The van der Waals surface area contributed by atoms with Gasteiger partial charge in [0, 0.05) is 44.8 Å². The molecule has 5 heteroatoms. The van der Waals surface area contributed by atoms with Crippen molar-refractivity contribution in [1.82, 2.24) is 4.90 Å². The normalized spacial score (nSPS) is 15.6. The summed E-state index contributed by atoms with van der Waals surface area (Å²) < 4.78 is 33.4. The Labute approximate surface area is 189 Å². The van der Waals surface area contributed by atoms with Crippen molar-refractivity contribution >= 4 is 5.69 Å². The van der Waals surface area contributed by atoms with E-state index in [0.29, 0.717) is 11.3 Å². The predicted molar refractivity (Wildman–Crippen MR) is 125 cm³/mol. The molecular weight excluding hydrogens is 406 g/mol. The van der Waals surface area contributed by atoms with Crippen LogP contribution in [0.1, 0.15) is 29.2 Å². The van der Waals surface area contributed by atoms with Crippen molar-refractivity contribution < 1.29 is 13.5 Å². The first-order valence-corrected chi connectivity index (χ1v) is 11.2. The first-order chi connectivity index (χ1) is 15.5. The molecule has 168 valence electrons. The fourth-order valence-corrected chi connectivity index (χ4v) is 4.26.